The average Bonchev–Trinajstić information content (AvgIpc) is 2.27. The lowest BCUT2D eigenvalue weighted by atomic mass is 10.00. The third-order valence-corrected chi connectivity index (χ3v) is 2.70. The molecule has 0 amide bonds. The van der Waals surface area contributed by atoms with Gasteiger partial charge in [0, 0.05) is 0 Å². The summed E-state index contributed by atoms with van der Waals surface area (Å²) in [5.74, 6) is 0. The van der Waals surface area contributed by atoms with E-state index in [1.165, 1.54) is 5.56 Å². The van der Waals surface area contributed by atoms with E-state index in [0.29, 0.717) is 18.4 Å². The zero-order valence-electron chi connectivity index (χ0n) is 9.76. The molecule has 0 aliphatic carbocycles. The topological polar surface area (TPSA) is 40.5 Å². The number of aliphatic hydroxyl groups is 2. The third-order valence-electron chi connectivity index (χ3n) is 2.70. The Morgan fingerprint density at radius 3 is 2.44 bits per heavy atom. The van der Waals surface area contributed by atoms with Crippen molar-refractivity contribution < 1.29 is 10.2 Å². The van der Waals surface area contributed by atoms with Gasteiger partial charge in [-0.05, 0) is 37.3 Å². The summed E-state index contributed by atoms with van der Waals surface area (Å²) < 4.78 is 0. The first-order valence-electron chi connectivity index (χ1n) is 5.67. The quantitative estimate of drug-likeness (QED) is 0.722. The van der Waals surface area contributed by atoms with Crippen LogP contribution >= 0.6 is 0 Å². The minimum absolute atomic E-state index is 0.415. The first-order valence-corrected chi connectivity index (χ1v) is 5.67. The van der Waals surface area contributed by atoms with Gasteiger partial charge in [0.1, 0.15) is 0 Å². The standard InChI is InChI=1S/C14H20O2/c1-11(12(2)15)10-14(16)9-8-13-6-4-3-5-7-13/h3-7,12,14-16H,1,8-10H2,2H3. The maximum absolute atomic E-state index is 9.76. The Morgan fingerprint density at radius 1 is 1.25 bits per heavy atom. The van der Waals surface area contributed by atoms with E-state index in [9.17, 15) is 10.2 Å². The van der Waals surface area contributed by atoms with E-state index >= 15 is 0 Å². The second kappa shape index (κ2) is 6.46. The number of aryl methyl sites for hydroxylation is 1. The number of benzene rings is 1. The van der Waals surface area contributed by atoms with Crippen LogP contribution in [0.25, 0.3) is 0 Å². The van der Waals surface area contributed by atoms with Crippen molar-refractivity contribution in [3.8, 4) is 0 Å². The Balaban J connectivity index is 2.30. The lowest BCUT2D eigenvalue weighted by molar-refractivity contribution is 0.149. The zero-order valence-corrected chi connectivity index (χ0v) is 9.76. The number of aliphatic hydroxyl groups excluding tert-OH is 2. The fourth-order valence-electron chi connectivity index (χ4n) is 1.55. The van der Waals surface area contributed by atoms with Gasteiger partial charge in [-0.15, -0.1) is 0 Å². The summed E-state index contributed by atoms with van der Waals surface area (Å²) in [5.41, 5.74) is 1.92. The molecule has 2 unspecified atom stereocenters. The minimum atomic E-state index is -0.536. The molecule has 2 nitrogen and oxygen atoms in total. The van der Waals surface area contributed by atoms with Crippen molar-refractivity contribution in [2.45, 2.75) is 38.4 Å². The molecule has 0 aliphatic rings. The van der Waals surface area contributed by atoms with E-state index < -0.39 is 12.2 Å². The van der Waals surface area contributed by atoms with Gasteiger partial charge in [-0.2, -0.15) is 0 Å². The van der Waals surface area contributed by atoms with Crippen molar-refractivity contribution in [1.29, 1.82) is 0 Å². The Kier molecular flexibility index (Phi) is 5.23. The van der Waals surface area contributed by atoms with Gasteiger partial charge >= 0.3 is 0 Å². The van der Waals surface area contributed by atoms with Crippen LogP contribution in [0.15, 0.2) is 42.5 Å². The summed E-state index contributed by atoms with van der Waals surface area (Å²) >= 11 is 0. The van der Waals surface area contributed by atoms with E-state index in [-0.39, 0.29) is 0 Å². The molecule has 0 aromatic heterocycles. The number of hydrogen-bond donors (Lipinski definition) is 2. The minimum Gasteiger partial charge on any atom is -0.393 e. The molecule has 1 aromatic rings. The fraction of sp³-hybridized carbons (Fsp3) is 0.429. The normalized spacial score (nSPS) is 14.4. The Hall–Kier alpha value is -1.12. The van der Waals surface area contributed by atoms with Crippen LogP contribution in [0.5, 0.6) is 0 Å². The highest BCUT2D eigenvalue weighted by Crippen LogP contribution is 2.13. The van der Waals surface area contributed by atoms with Crippen molar-refractivity contribution in [3.05, 3.63) is 48.0 Å². The Morgan fingerprint density at radius 2 is 1.88 bits per heavy atom. The van der Waals surface area contributed by atoms with Gasteiger partial charge in [-0.3, -0.25) is 0 Å². The Bertz CT molecular complexity index is 317. The van der Waals surface area contributed by atoms with Crippen LogP contribution in [0.4, 0.5) is 0 Å². The second-order valence-electron chi connectivity index (χ2n) is 4.22. The molecule has 0 fully saturated rings. The van der Waals surface area contributed by atoms with E-state index in [2.05, 4.69) is 18.7 Å². The van der Waals surface area contributed by atoms with Gasteiger partial charge in [0.05, 0.1) is 12.2 Å². The molecule has 0 saturated heterocycles. The number of hydrogen-bond acceptors (Lipinski definition) is 2. The molecule has 0 spiro atoms. The van der Waals surface area contributed by atoms with E-state index in [1.54, 1.807) is 6.92 Å². The molecule has 88 valence electrons. The van der Waals surface area contributed by atoms with Crippen molar-refractivity contribution in [2.75, 3.05) is 0 Å². The molecule has 16 heavy (non-hydrogen) atoms. The molecule has 1 rings (SSSR count). The van der Waals surface area contributed by atoms with Crippen LogP contribution in [0.3, 0.4) is 0 Å². The van der Waals surface area contributed by atoms with Gasteiger partial charge in [-0.1, -0.05) is 36.9 Å². The van der Waals surface area contributed by atoms with Crippen LogP contribution in [-0.4, -0.2) is 22.4 Å². The SMILES string of the molecule is C=C(CC(O)CCc1ccccc1)C(C)O. The van der Waals surface area contributed by atoms with Crippen LogP contribution in [-0.2, 0) is 6.42 Å². The summed E-state index contributed by atoms with van der Waals surface area (Å²) in [6.07, 6.45) is 1.09. The Labute approximate surface area is 97.2 Å². The molecule has 1 aromatic carbocycles. The van der Waals surface area contributed by atoms with Crippen LogP contribution < -0.4 is 0 Å². The summed E-state index contributed by atoms with van der Waals surface area (Å²) in [5, 5.41) is 19.0. The first-order chi connectivity index (χ1) is 7.59. The smallest absolute Gasteiger partial charge is 0.0720 e. The third kappa shape index (κ3) is 4.60. The monoisotopic (exact) mass is 220 g/mol. The van der Waals surface area contributed by atoms with Crippen molar-refractivity contribution in [2.24, 2.45) is 0 Å². The molecule has 2 atom stereocenters. The fourth-order valence-corrected chi connectivity index (χ4v) is 1.55. The van der Waals surface area contributed by atoms with Gasteiger partial charge < -0.3 is 10.2 Å². The van der Waals surface area contributed by atoms with Crippen molar-refractivity contribution in [3.63, 3.8) is 0 Å². The van der Waals surface area contributed by atoms with Crippen LogP contribution in [0.1, 0.15) is 25.3 Å². The predicted molar refractivity (Wildman–Crippen MR) is 66.2 cm³/mol. The molecular weight excluding hydrogens is 200 g/mol. The van der Waals surface area contributed by atoms with E-state index in [4.69, 9.17) is 0 Å². The molecule has 0 bridgehead atoms. The molecule has 0 heterocycles. The molecule has 0 radical (unpaired) electrons. The zero-order chi connectivity index (χ0) is 12.0. The lowest BCUT2D eigenvalue weighted by Gasteiger charge is -2.14. The summed E-state index contributed by atoms with van der Waals surface area (Å²) in [6.45, 7) is 5.41. The maximum atomic E-state index is 9.76. The van der Waals surface area contributed by atoms with Crippen LogP contribution in [0.2, 0.25) is 0 Å². The maximum Gasteiger partial charge on any atom is 0.0720 e. The summed E-state index contributed by atoms with van der Waals surface area (Å²) in [7, 11) is 0. The highest BCUT2D eigenvalue weighted by atomic mass is 16.3. The first kappa shape index (κ1) is 12.9. The number of rotatable bonds is 6. The lowest BCUT2D eigenvalue weighted by Crippen LogP contribution is -2.14. The van der Waals surface area contributed by atoms with Crippen molar-refractivity contribution >= 4 is 0 Å². The average molecular weight is 220 g/mol. The van der Waals surface area contributed by atoms with Gasteiger partial charge in [0.15, 0.2) is 0 Å². The predicted octanol–water partition coefficient (Wildman–Crippen LogP) is 2.31. The van der Waals surface area contributed by atoms with Gasteiger partial charge in [0.25, 0.3) is 0 Å². The van der Waals surface area contributed by atoms with E-state index in [0.717, 1.165) is 6.42 Å². The van der Waals surface area contributed by atoms with E-state index in [1.807, 2.05) is 18.2 Å². The largest absolute Gasteiger partial charge is 0.393 e. The molecule has 0 saturated carbocycles. The molecular formula is C14H20O2. The van der Waals surface area contributed by atoms with Gasteiger partial charge in [-0.25, -0.2) is 0 Å². The van der Waals surface area contributed by atoms with Gasteiger partial charge in [0.2, 0.25) is 0 Å². The van der Waals surface area contributed by atoms with Crippen molar-refractivity contribution in [1.82, 2.24) is 0 Å². The summed E-state index contributed by atoms with van der Waals surface area (Å²) in [6, 6.07) is 10.1. The molecule has 2 N–H and O–H groups in total. The highest BCUT2D eigenvalue weighted by molar-refractivity contribution is 5.14. The van der Waals surface area contributed by atoms with Crippen LogP contribution in [0, 0.1) is 0 Å². The second-order valence-corrected chi connectivity index (χ2v) is 4.22. The summed E-state index contributed by atoms with van der Waals surface area (Å²) in [4.78, 5) is 0. The highest BCUT2D eigenvalue weighted by Gasteiger charge is 2.09. The molecule has 0 aliphatic heterocycles. The molecule has 2 heteroatoms.